The van der Waals surface area contributed by atoms with Crippen LogP contribution < -0.4 is 10.6 Å². The van der Waals surface area contributed by atoms with E-state index in [1.165, 1.54) is 23.7 Å². The van der Waals surface area contributed by atoms with Crippen LogP contribution in [0.2, 0.25) is 0 Å². The summed E-state index contributed by atoms with van der Waals surface area (Å²) in [6, 6.07) is 9.41. The highest BCUT2D eigenvalue weighted by Crippen LogP contribution is 2.17. The van der Waals surface area contributed by atoms with Gasteiger partial charge in [-0.3, -0.25) is 14.9 Å². The largest absolute Gasteiger partial charge is 0.459 e. The standard InChI is InChI=1S/C17H14FN3O3S/c18-13-5-2-1-4-11(13)9-19-15(22)8-12-10-25-17(20-12)21-16(23)14-6-3-7-24-14/h1-7,10H,8-9H2,(H,19,22)(H,20,21,23). The lowest BCUT2D eigenvalue weighted by Gasteiger charge is -2.05. The molecular weight excluding hydrogens is 345 g/mol. The van der Waals surface area contributed by atoms with Crippen molar-refractivity contribution in [2.45, 2.75) is 13.0 Å². The molecular formula is C17H14FN3O3S. The number of nitrogens with zero attached hydrogens (tertiary/aromatic N) is 1. The second-order valence-corrected chi connectivity index (χ2v) is 5.98. The van der Waals surface area contributed by atoms with Crippen molar-refractivity contribution in [1.82, 2.24) is 10.3 Å². The number of benzene rings is 1. The summed E-state index contributed by atoms with van der Waals surface area (Å²) in [7, 11) is 0. The Labute approximate surface area is 146 Å². The number of anilines is 1. The fourth-order valence-corrected chi connectivity index (χ4v) is 2.78. The lowest BCUT2D eigenvalue weighted by molar-refractivity contribution is -0.120. The topological polar surface area (TPSA) is 84.2 Å². The molecule has 3 aromatic rings. The molecule has 0 aliphatic heterocycles. The van der Waals surface area contributed by atoms with E-state index in [2.05, 4.69) is 15.6 Å². The van der Waals surface area contributed by atoms with E-state index in [-0.39, 0.29) is 30.5 Å². The van der Waals surface area contributed by atoms with Gasteiger partial charge >= 0.3 is 0 Å². The van der Waals surface area contributed by atoms with Crippen LogP contribution in [0.3, 0.4) is 0 Å². The zero-order valence-electron chi connectivity index (χ0n) is 13.0. The molecule has 2 amide bonds. The minimum Gasteiger partial charge on any atom is -0.459 e. The third-order valence-electron chi connectivity index (χ3n) is 3.29. The number of amides is 2. The van der Waals surface area contributed by atoms with Crippen molar-refractivity contribution in [3.63, 3.8) is 0 Å². The molecule has 3 rings (SSSR count). The van der Waals surface area contributed by atoms with Crippen LogP contribution in [-0.4, -0.2) is 16.8 Å². The van der Waals surface area contributed by atoms with Crippen molar-refractivity contribution >= 4 is 28.3 Å². The summed E-state index contributed by atoms with van der Waals surface area (Å²) in [5.41, 5.74) is 0.936. The minimum absolute atomic E-state index is 0.0432. The van der Waals surface area contributed by atoms with E-state index in [4.69, 9.17) is 4.42 Å². The van der Waals surface area contributed by atoms with Crippen LogP contribution >= 0.6 is 11.3 Å². The van der Waals surface area contributed by atoms with E-state index in [0.717, 1.165) is 0 Å². The first kappa shape index (κ1) is 16.8. The summed E-state index contributed by atoms with van der Waals surface area (Å²) < 4.78 is 18.5. The van der Waals surface area contributed by atoms with Gasteiger partial charge < -0.3 is 9.73 Å². The van der Waals surface area contributed by atoms with Gasteiger partial charge in [-0.05, 0) is 18.2 Å². The smallest absolute Gasteiger partial charge is 0.293 e. The Kier molecular flexibility index (Phi) is 5.20. The van der Waals surface area contributed by atoms with Gasteiger partial charge in [0.1, 0.15) is 5.82 Å². The van der Waals surface area contributed by atoms with Crippen molar-refractivity contribution in [3.05, 3.63) is 70.9 Å². The molecule has 0 saturated heterocycles. The molecule has 0 spiro atoms. The van der Waals surface area contributed by atoms with Gasteiger partial charge in [0.15, 0.2) is 10.9 Å². The van der Waals surface area contributed by atoms with E-state index >= 15 is 0 Å². The molecule has 0 aliphatic carbocycles. The number of carbonyl (C=O) groups is 2. The van der Waals surface area contributed by atoms with Crippen LogP contribution in [0.15, 0.2) is 52.5 Å². The average Bonchev–Trinajstić information content (AvgIpc) is 3.26. The minimum atomic E-state index is -0.407. The fraction of sp³-hybridized carbons (Fsp3) is 0.118. The molecule has 1 aromatic carbocycles. The Morgan fingerprint density at radius 1 is 1.20 bits per heavy atom. The van der Waals surface area contributed by atoms with Crippen LogP contribution in [0.25, 0.3) is 0 Å². The molecule has 25 heavy (non-hydrogen) atoms. The first-order valence-corrected chi connectivity index (χ1v) is 8.29. The molecule has 0 fully saturated rings. The van der Waals surface area contributed by atoms with Crippen LogP contribution in [0, 0.1) is 5.82 Å². The summed E-state index contributed by atoms with van der Waals surface area (Å²) in [4.78, 5) is 28.0. The Balaban J connectivity index is 1.51. The van der Waals surface area contributed by atoms with Gasteiger partial charge in [0.25, 0.3) is 5.91 Å². The fourth-order valence-electron chi connectivity index (χ4n) is 2.07. The quantitative estimate of drug-likeness (QED) is 0.709. The van der Waals surface area contributed by atoms with E-state index in [1.807, 2.05) is 0 Å². The molecule has 0 unspecified atom stereocenters. The number of aromatic nitrogens is 1. The molecule has 6 nitrogen and oxygen atoms in total. The number of carbonyl (C=O) groups excluding carboxylic acids is 2. The Bertz CT molecular complexity index is 877. The summed E-state index contributed by atoms with van der Waals surface area (Å²) in [5.74, 6) is -0.869. The summed E-state index contributed by atoms with van der Waals surface area (Å²) in [6.07, 6.45) is 1.45. The monoisotopic (exact) mass is 359 g/mol. The van der Waals surface area contributed by atoms with Crippen LogP contribution in [-0.2, 0) is 17.8 Å². The first-order valence-electron chi connectivity index (χ1n) is 7.41. The Hall–Kier alpha value is -3.00. The summed E-state index contributed by atoms with van der Waals surface area (Å²) in [6.45, 7) is 0.109. The van der Waals surface area contributed by atoms with Crippen molar-refractivity contribution in [3.8, 4) is 0 Å². The average molecular weight is 359 g/mol. The van der Waals surface area contributed by atoms with Crippen LogP contribution in [0.4, 0.5) is 9.52 Å². The molecule has 2 N–H and O–H groups in total. The highest BCUT2D eigenvalue weighted by atomic mass is 32.1. The second kappa shape index (κ2) is 7.71. The maximum Gasteiger partial charge on any atom is 0.293 e. The zero-order chi connectivity index (χ0) is 17.6. The number of furan rings is 1. The van der Waals surface area contributed by atoms with Gasteiger partial charge in [0.05, 0.1) is 18.4 Å². The van der Waals surface area contributed by atoms with E-state index in [9.17, 15) is 14.0 Å². The predicted molar refractivity (Wildman–Crippen MR) is 90.7 cm³/mol. The number of hydrogen-bond acceptors (Lipinski definition) is 5. The van der Waals surface area contributed by atoms with Gasteiger partial charge in [0, 0.05) is 17.5 Å². The lowest BCUT2D eigenvalue weighted by atomic mass is 10.2. The lowest BCUT2D eigenvalue weighted by Crippen LogP contribution is -2.25. The normalized spacial score (nSPS) is 10.4. The van der Waals surface area contributed by atoms with Crippen LogP contribution in [0.1, 0.15) is 21.8 Å². The number of halogens is 1. The SMILES string of the molecule is O=C(Cc1csc(NC(=O)c2ccco2)n1)NCc1ccccc1F. The Morgan fingerprint density at radius 3 is 2.80 bits per heavy atom. The third kappa shape index (κ3) is 4.51. The maximum absolute atomic E-state index is 13.5. The van der Waals surface area contributed by atoms with Gasteiger partial charge in [-0.15, -0.1) is 11.3 Å². The van der Waals surface area contributed by atoms with E-state index < -0.39 is 5.91 Å². The number of thiazole rings is 1. The highest BCUT2D eigenvalue weighted by Gasteiger charge is 2.13. The molecule has 0 radical (unpaired) electrons. The van der Waals surface area contributed by atoms with Crippen molar-refractivity contribution in [2.75, 3.05) is 5.32 Å². The molecule has 2 aromatic heterocycles. The van der Waals surface area contributed by atoms with E-state index in [1.54, 1.807) is 35.7 Å². The van der Waals surface area contributed by atoms with Crippen molar-refractivity contribution < 1.29 is 18.4 Å². The van der Waals surface area contributed by atoms with Crippen molar-refractivity contribution in [1.29, 1.82) is 0 Å². The number of nitrogens with one attached hydrogen (secondary N) is 2. The summed E-state index contributed by atoms with van der Waals surface area (Å²) in [5, 5.41) is 7.30. The van der Waals surface area contributed by atoms with Gasteiger partial charge in [-0.1, -0.05) is 18.2 Å². The first-order chi connectivity index (χ1) is 12.1. The molecule has 0 atom stereocenters. The molecule has 128 valence electrons. The number of rotatable bonds is 6. The molecule has 0 saturated carbocycles. The van der Waals surface area contributed by atoms with Gasteiger partial charge in [-0.25, -0.2) is 9.37 Å². The van der Waals surface area contributed by atoms with Gasteiger partial charge in [0.2, 0.25) is 5.91 Å². The highest BCUT2D eigenvalue weighted by molar-refractivity contribution is 7.14. The van der Waals surface area contributed by atoms with E-state index in [0.29, 0.717) is 16.4 Å². The Morgan fingerprint density at radius 2 is 2.04 bits per heavy atom. The maximum atomic E-state index is 13.5. The zero-order valence-corrected chi connectivity index (χ0v) is 13.8. The second-order valence-electron chi connectivity index (χ2n) is 5.12. The molecule has 0 aliphatic rings. The molecule has 8 heteroatoms. The van der Waals surface area contributed by atoms with Crippen LogP contribution in [0.5, 0.6) is 0 Å². The number of hydrogen-bond donors (Lipinski definition) is 2. The summed E-state index contributed by atoms with van der Waals surface area (Å²) >= 11 is 1.21. The molecule has 0 bridgehead atoms. The predicted octanol–water partition coefficient (Wildman–Crippen LogP) is 2.99. The van der Waals surface area contributed by atoms with Crippen molar-refractivity contribution in [2.24, 2.45) is 0 Å². The molecule has 2 heterocycles. The van der Waals surface area contributed by atoms with Gasteiger partial charge in [-0.2, -0.15) is 0 Å². The third-order valence-corrected chi connectivity index (χ3v) is 4.10.